The molecule has 0 aromatic heterocycles. The van der Waals surface area contributed by atoms with Crippen LogP contribution in [0.4, 0.5) is 0 Å². The predicted molar refractivity (Wildman–Crippen MR) is 146 cm³/mol. The van der Waals surface area contributed by atoms with Crippen LogP contribution in [-0.4, -0.2) is 4.21 Å². The van der Waals surface area contributed by atoms with Crippen molar-refractivity contribution in [2.24, 2.45) is 11.3 Å². The molecule has 0 bridgehead atoms. The number of rotatable bonds is 0. The molecule has 0 radical (unpaired) electrons. The number of hydrogen-bond acceptors (Lipinski definition) is 0. The van der Waals surface area contributed by atoms with Gasteiger partial charge < -0.3 is 7.43 Å². The second-order valence-corrected chi connectivity index (χ2v) is 9.36. The molecule has 0 saturated heterocycles. The van der Waals surface area contributed by atoms with E-state index in [1.165, 1.54) is 63.2 Å². The maximum Gasteiger partial charge on any atom is -0.0253 e. The first-order chi connectivity index (χ1) is 15.8. The number of allylic oxidation sites excluding steroid dienone is 4. The van der Waals surface area contributed by atoms with Crippen LogP contribution in [0.15, 0.2) is 84.0 Å². The first-order valence-corrected chi connectivity index (χ1v) is 13.2. The Kier molecular flexibility index (Phi) is 12.6. The topological polar surface area (TPSA) is 0 Å². The third-order valence-electron chi connectivity index (χ3n) is 5.57. The molecule has 0 amide bonds. The number of benzene rings is 3. The second kappa shape index (κ2) is 14.3. The summed E-state index contributed by atoms with van der Waals surface area (Å²) in [6.45, 7) is 13.2. The normalized spacial score (nSPS) is 14.7. The van der Waals surface area contributed by atoms with E-state index in [2.05, 4.69) is 106 Å². The summed E-state index contributed by atoms with van der Waals surface area (Å²) in [6.07, 6.45) is 6.76. The summed E-state index contributed by atoms with van der Waals surface area (Å²) in [5, 5.41) is 0. The SMILES string of the molecule is CC1=[C-]C(C)C=C1C(C)(C)C.Cc1cc[c-]cc1.[CH2]=[Zr].[CH3-].[c-]1cccc2c1Cc1ccccc1-2. The van der Waals surface area contributed by atoms with Gasteiger partial charge in [0, 0.05) is 0 Å². The van der Waals surface area contributed by atoms with Crippen LogP contribution in [0.2, 0.25) is 0 Å². The molecule has 0 spiro atoms. The van der Waals surface area contributed by atoms with Crippen molar-refractivity contribution >= 4 is 4.21 Å². The molecular formula is C33H38Zr-4. The van der Waals surface area contributed by atoms with E-state index in [0.717, 1.165) is 6.42 Å². The van der Waals surface area contributed by atoms with Gasteiger partial charge >= 0.3 is 28.4 Å². The van der Waals surface area contributed by atoms with Gasteiger partial charge in [0.1, 0.15) is 0 Å². The predicted octanol–water partition coefficient (Wildman–Crippen LogP) is 8.63. The Labute approximate surface area is 224 Å². The van der Waals surface area contributed by atoms with Gasteiger partial charge in [0.05, 0.1) is 0 Å². The van der Waals surface area contributed by atoms with Crippen molar-refractivity contribution < 1.29 is 24.2 Å². The summed E-state index contributed by atoms with van der Waals surface area (Å²) >= 11 is 1.30. The summed E-state index contributed by atoms with van der Waals surface area (Å²) < 4.78 is 3.34. The Balaban J connectivity index is 0.000000252. The van der Waals surface area contributed by atoms with E-state index >= 15 is 0 Å². The molecule has 5 rings (SSSR count). The number of aryl methyl sites for hydroxylation is 1. The number of fused-ring (bicyclic) bond motifs is 3. The van der Waals surface area contributed by atoms with Crippen molar-refractivity contribution in [3.05, 3.63) is 126 Å². The van der Waals surface area contributed by atoms with Crippen molar-refractivity contribution in [3.8, 4) is 11.1 Å². The van der Waals surface area contributed by atoms with E-state index in [-0.39, 0.29) is 7.43 Å². The van der Waals surface area contributed by atoms with Crippen LogP contribution in [0.25, 0.3) is 11.1 Å². The molecule has 1 atom stereocenters. The Hall–Kier alpha value is -2.11. The number of hydrogen-bond donors (Lipinski definition) is 0. The smallest absolute Gasteiger partial charge is 0.0253 e. The average Bonchev–Trinajstić information content (AvgIpc) is 3.35. The molecular weight excluding hydrogens is 488 g/mol. The van der Waals surface area contributed by atoms with Gasteiger partial charge in [-0.3, -0.25) is 6.08 Å². The van der Waals surface area contributed by atoms with Crippen LogP contribution in [-0.2, 0) is 30.7 Å². The second-order valence-electron chi connectivity index (χ2n) is 9.36. The van der Waals surface area contributed by atoms with Gasteiger partial charge in [0.25, 0.3) is 0 Å². The van der Waals surface area contributed by atoms with Gasteiger partial charge in [-0.15, -0.1) is 5.56 Å². The molecule has 0 nitrogen and oxygen atoms in total. The van der Waals surface area contributed by atoms with Gasteiger partial charge in [-0.05, 0) is 6.42 Å². The van der Waals surface area contributed by atoms with E-state index in [0.29, 0.717) is 11.3 Å². The van der Waals surface area contributed by atoms with E-state index in [1.54, 1.807) is 0 Å². The fourth-order valence-electron chi connectivity index (χ4n) is 4.12. The summed E-state index contributed by atoms with van der Waals surface area (Å²) in [7, 11) is 0. The van der Waals surface area contributed by atoms with E-state index in [4.69, 9.17) is 0 Å². The van der Waals surface area contributed by atoms with Crippen LogP contribution in [0.3, 0.4) is 0 Å². The molecule has 0 aliphatic heterocycles. The summed E-state index contributed by atoms with van der Waals surface area (Å²) in [5.41, 5.74) is 9.90. The minimum Gasteiger partial charge on any atom is -0.358 e. The van der Waals surface area contributed by atoms with Crippen molar-refractivity contribution in [1.82, 2.24) is 0 Å². The molecule has 0 heterocycles. The third kappa shape index (κ3) is 8.59. The van der Waals surface area contributed by atoms with E-state index in [9.17, 15) is 0 Å². The average molecular weight is 526 g/mol. The largest absolute Gasteiger partial charge is 0.358 e. The minimum atomic E-state index is 0. The zero-order valence-electron chi connectivity index (χ0n) is 21.9. The van der Waals surface area contributed by atoms with Crippen LogP contribution in [0, 0.1) is 43.9 Å². The van der Waals surface area contributed by atoms with E-state index in [1.807, 2.05) is 30.3 Å². The van der Waals surface area contributed by atoms with Crippen molar-refractivity contribution in [2.75, 3.05) is 0 Å². The fourth-order valence-corrected chi connectivity index (χ4v) is 4.12. The third-order valence-corrected chi connectivity index (χ3v) is 5.57. The zero-order valence-corrected chi connectivity index (χ0v) is 24.4. The molecule has 1 heteroatoms. The van der Waals surface area contributed by atoms with Crippen LogP contribution < -0.4 is 0 Å². The maximum absolute atomic E-state index is 3.40. The molecule has 2 aliphatic rings. The van der Waals surface area contributed by atoms with E-state index < -0.39 is 0 Å². The molecule has 2 aliphatic carbocycles. The van der Waals surface area contributed by atoms with Gasteiger partial charge in [-0.2, -0.15) is 77.4 Å². The van der Waals surface area contributed by atoms with Gasteiger partial charge in [0.2, 0.25) is 0 Å². The molecule has 0 N–H and O–H groups in total. The van der Waals surface area contributed by atoms with Crippen molar-refractivity contribution in [2.45, 2.75) is 48.0 Å². The molecule has 3 aromatic rings. The van der Waals surface area contributed by atoms with Crippen molar-refractivity contribution in [1.29, 1.82) is 0 Å². The molecule has 0 fully saturated rings. The fraction of sp³-hybridized carbons (Fsp3) is 0.273. The Bertz CT molecular complexity index is 1040. The van der Waals surface area contributed by atoms with Gasteiger partial charge in [0.15, 0.2) is 0 Å². The van der Waals surface area contributed by atoms with Crippen LogP contribution >= 0.6 is 0 Å². The molecule has 34 heavy (non-hydrogen) atoms. The quantitative estimate of drug-likeness (QED) is 0.202. The molecule has 178 valence electrons. The summed E-state index contributed by atoms with van der Waals surface area (Å²) in [4.78, 5) is 0. The van der Waals surface area contributed by atoms with Crippen LogP contribution in [0.5, 0.6) is 0 Å². The Morgan fingerprint density at radius 3 is 2.00 bits per heavy atom. The molecule has 3 aromatic carbocycles. The first kappa shape index (κ1) is 29.9. The molecule has 0 saturated carbocycles. The Morgan fingerprint density at radius 2 is 1.50 bits per heavy atom. The molecule has 1 unspecified atom stereocenters. The van der Waals surface area contributed by atoms with Crippen LogP contribution in [0.1, 0.15) is 51.3 Å². The van der Waals surface area contributed by atoms with Gasteiger partial charge in [-0.1, -0.05) is 88.3 Å². The maximum atomic E-state index is 3.40. The van der Waals surface area contributed by atoms with Gasteiger partial charge in [-0.25, -0.2) is 5.57 Å². The zero-order chi connectivity index (χ0) is 24.4. The Morgan fingerprint density at radius 1 is 0.882 bits per heavy atom. The standard InChI is InChI=1S/C13H9.C11H17.C7H7.CH3.CH2.Zr/c1-3-7-12-10(5-1)9-11-6-2-4-8-13(11)12;1-8-6-9(2)10(7-8)11(3,4)5;1-7-5-3-2-4-6-7;;;/h1-5,7-8H,9H2;7-8H,1-5H3;3-6H,1H3;1H3;1H2;/q4*-1;;. The first-order valence-electron chi connectivity index (χ1n) is 11.4. The minimum absolute atomic E-state index is 0. The summed E-state index contributed by atoms with van der Waals surface area (Å²) in [6, 6.07) is 28.9. The summed E-state index contributed by atoms with van der Waals surface area (Å²) in [5.74, 6) is 0.518. The van der Waals surface area contributed by atoms with Crippen molar-refractivity contribution in [3.63, 3.8) is 0 Å². The monoisotopic (exact) mass is 524 g/mol.